The maximum absolute atomic E-state index is 13.5. The fourth-order valence-corrected chi connectivity index (χ4v) is 3.06. The molecule has 4 aromatic rings. The van der Waals surface area contributed by atoms with Crippen LogP contribution in [-0.2, 0) is 13.0 Å². The number of aromatic nitrogens is 3. The molecule has 0 fully saturated rings. The summed E-state index contributed by atoms with van der Waals surface area (Å²) in [5.74, 6) is 0.0431. The normalized spacial score (nSPS) is 11.0. The SMILES string of the molecule is O=c1c2cccnc2nc(-c2ccccc2O)n1CCc1cccc(F)c1. The summed E-state index contributed by atoms with van der Waals surface area (Å²) in [6.45, 7) is 0.295. The van der Waals surface area contributed by atoms with Gasteiger partial charge in [0, 0.05) is 12.7 Å². The predicted molar refractivity (Wildman–Crippen MR) is 101 cm³/mol. The number of halogens is 1. The Morgan fingerprint density at radius 1 is 1.04 bits per heavy atom. The molecule has 1 N–H and O–H groups in total. The second kappa shape index (κ2) is 6.99. The van der Waals surface area contributed by atoms with E-state index in [1.807, 2.05) is 6.07 Å². The van der Waals surface area contributed by atoms with E-state index in [0.29, 0.717) is 35.4 Å². The molecule has 27 heavy (non-hydrogen) atoms. The first-order valence-electron chi connectivity index (χ1n) is 8.52. The molecule has 0 amide bonds. The topological polar surface area (TPSA) is 68.0 Å². The maximum atomic E-state index is 13.5. The zero-order chi connectivity index (χ0) is 18.8. The van der Waals surface area contributed by atoms with Gasteiger partial charge >= 0.3 is 0 Å². The Balaban J connectivity index is 1.86. The zero-order valence-electron chi connectivity index (χ0n) is 14.3. The first-order chi connectivity index (χ1) is 13.1. The van der Waals surface area contributed by atoms with Gasteiger partial charge in [-0.1, -0.05) is 24.3 Å². The zero-order valence-corrected chi connectivity index (χ0v) is 14.3. The molecule has 5 nitrogen and oxygen atoms in total. The minimum Gasteiger partial charge on any atom is -0.507 e. The average molecular weight is 361 g/mol. The van der Waals surface area contributed by atoms with Gasteiger partial charge < -0.3 is 5.11 Å². The fourth-order valence-electron chi connectivity index (χ4n) is 3.06. The molecule has 0 aliphatic rings. The number of pyridine rings is 1. The molecule has 0 radical (unpaired) electrons. The van der Waals surface area contributed by atoms with Crippen LogP contribution < -0.4 is 5.56 Å². The van der Waals surface area contributed by atoms with E-state index < -0.39 is 0 Å². The van der Waals surface area contributed by atoms with E-state index in [9.17, 15) is 14.3 Å². The van der Waals surface area contributed by atoms with Crippen molar-refractivity contribution in [3.8, 4) is 17.1 Å². The van der Waals surface area contributed by atoms with Crippen molar-refractivity contribution in [2.75, 3.05) is 0 Å². The third-order valence-corrected chi connectivity index (χ3v) is 4.39. The number of aromatic hydroxyl groups is 1. The molecule has 0 bridgehead atoms. The number of fused-ring (bicyclic) bond motifs is 1. The van der Waals surface area contributed by atoms with Crippen LogP contribution in [0.2, 0.25) is 0 Å². The molecule has 0 aliphatic heterocycles. The highest BCUT2D eigenvalue weighted by Crippen LogP contribution is 2.27. The van der Waals surface area contributed by atoms with Gasteiger partial charge in [0.15, 0.2) is 5.65 Å². The van der Waals surface area contributed by atoms with Gasteiger partial charge in [-0.25, -0.2) is 14.4 Å². The molecular formula is C21H16FN3O2. The summed E-state index contributed by atoms with van der Waals surface area (Å²) in [5.41, 5.74) is 1.29. The van der Waals surface area contributed by atoms with Crippen molar-refractivity contribution in [2.24, 2.45) is 0 Å². The summed E-state index contributed by atoms with van der Waals surface area (Å²) in [5, 5.41) is 10.6. The number of nitrogens with zero attached hydrogens (tertiary/aromatic N) is 3. The van der Waals surface area contributed by atoms with Crippen molar-refractivity contribution in [2.45, 2.75) is 13.0 Å². The summed E-state index contributed by atoms with van der Waals surface area (Å²) >= 11 is 0. The van der Waals surface area contributed by atoms with Crippen LogP contribution in [-0.4, -0.2) is 19.6 Å². The van der Waals surface area contributed by atoms with Crippen LogP contribution in [0, 0.1) is 5.82 Å². The van der Waals surface area contributed by atoms with Gasteiger partial charge in [-0.05, 0) is 48.4 Å². The quantitative estimate of drug-likeness (QED) is 0.604. The van der Waals surface area contributed by atoms with Gasteiger partial charge in [0.1, 0.15) is 17.4 Å². The molecule has 0 saturated carbocycles. The number of rotatable bonds is 4. The molecule has 2 aromatic carbocycles. The number of hydrogen-bond acceptors (Lipinski definition) is 4. The van der Waals surface area contributed by atoms with Crippen molar-refractivity contribution >= 4 is 11.0 Å². The van der Waals surface area contributed by atoms with Crippen LogP contribution >= 0.6 is 0 Å². The second-order valence-corrected chi connectivity index (χ2v) is 6.16. The van der Waals surface area contributed by atoms with E-state index in [-0.39, 0.29) is 17.1 Å². The van der Waals surface area contributed by atoms with Gasteiger partial charge in [0.2, 0.25) is 0 Å². The van der Waals surface area contributed by atoms with Gasteiger partial charge in [0.25, 0.3) is 5.56 Å². The first kappa shape index (κ1) is 16.9. The molecule has 0 aliphatic carbocycles. The molecule has 2 heterocycles. The van der Waals surface area contributed by atoms with E-state index in [4.69, 9.17) is 0 Å². The Morgan fingerprint density at radius 2 is 1.89 bits per heavy atom. The van der Waals surface area contributed by atoms with Gasteiger partial charge in [-0.15, -0.1) is 0 Å². The van der Waals surface area contributed by atoms with Crippen LogP contribution in [0.5, 0.6) is 5.75 Å². The van der Waals surface area contributed by atoms with Crippen LogP contribution in [0.1, 0.15) is 5.56 Å². The fraction of sp³-hybridized carbons (Fsp3) is 0.0952. The molecule has 2 aromatic heterocycles. The van der Waals surface area contributed by atoms with Crippen molar-refractivity contribution < 1.29 is 9.50 Å². The highest BCUT2D eigenvalue weighted by Gasteiger charge is 2.16. The Hall–Kier alpha value is -3.54. The number of phenolic OH excluding ortho intramolecular Hbond substituents is 1. The summed E-state index contributed by atoms with van der Waals surface area (Å²) in [4.78, 5) is 21.7. The van der Waals surface area contributed by atoms with Crippen LogP contribution in [0.3, 0.4) is 0 Å². The lowest BCUT2D eigenvalue weighted by Crippen LogP contribution is -2.25. The highest BCUT2D eigenvalue weighted by molar-refractivity contribution is 5.77. The van der Waals surface area contributed by atoms with Crippen LogP contribution in [0.25, 0.3) is 22.4 Å². The molecule has 0 saturated heterocycles. The molecule has 0 spiro atoms. The standard InChI is InChI=1S/C21H16FN3O2/c22-15-6-3-5-14(13-15)10-12-25-20(16-7-1-2-9-18(16)26)24-19-17(21(25)27)8-4-11-23-19/h1-9,11,13,26H,10,12H2. The van der Waals surface area contributed by atoms with Crippen LogP contribution in [0.4, 0.5) is 4.39 Å². The van der Waals surface area contributed by atoms with Crippen LogP contribution in [0.15, 0.2) is 71.7 Å². The Bertz CT molecular complexity index is 1190. The summed E-state index contributed by atoms with van der Waals surface area (Å²) in [7, 11) is 0. The lowest BCUT2D eigenvalue weighted by molar-refractivity contribution is 0.476. The number of para-hydroxylation sites is 1. The van der Waals surface area contributed by atoms with Crippen molar-refractivity contribution in [3.63, 3.8) is 0 Å². The minimum absolute atomic E-state index is 0.0270. The highest BCUT2D eigenvalue weighted by atomic mass is 19.1. The molecule has 0 atom stereocenters. The van der Waals surface area contributed by atoms with E-state index in [0.717, 1.165) is 5.56 Å². The Labute approximate surface area is 154 Å². The average Bonchev–Trinajstić information content (AvgIpc) is 2.68. The van der Waals surface area contributed by atoms with Crippen molar-refractivity contribution in [1.29, 1.82) is 0 Å². The predicted octanol–water partition coefficient (Wildman–Crippen LogP) is 3.55. The Morgan fingerprint density at radius 3 is 2.70 bits per heavy atom. The summed E-state index contributed by atoms with van der Waals surface area (Å²) < 4.78 is 15.0. The molecule has 134 valence electrons. The second-order valence-electron chi connectivity index (χ2n) is 6.16. The number of hydrogen-bond donors (Lipinski definition) is 1. The van der Waals surface area contributed by atoms with E-state index in [1.54, 1.807) is 48.7 Å². The lowest BCUT2D eigenvalue weighted by atomic mass is 10.1. The smallest absolute Gasteiger partial charge is 0.263 e. The van der Waals surface area contributed by atoms with E-state index in [2.05, 4.69) is 9.97 Å². The lowest BCUT2D eigenvalue weighted by Gasteiger charge is -2.14. The largest absolute Gasteiger partial charge is 0.507 e. The monoisotopic (exact) mass is 361 g/mol. The first-order valence-corrected chi connectivity index (χ1v) is 8.52. The molecule has 0 unspecified atom stereocenters. The van der Waals surface area contributed by atoms with Gasteiger partial charge in [0.05, 0.1) is 10.9 Å². The van der Waals surface area contributed by atoms with Gasteiger partial charge in [-0.2, -0.15) is 0 Å². The van der Waals surface area contributed by atoms with E-state index in [1.165, 1.54) is 16.7 Å². The van der Waals surface area contributed by atoms with E-state index >= 15 is 0 Å². The third kappa shape index (κ3) is 3.29. The van der Waals surface area contributed by atoms with Gasteiger partial charge in [-0.3, -0.25) is 9.36 Å². The number of aryl methyl sites for hydroxylation is 1. The molecule has 4 rings (SSSR count). The third-order valence-electron chi connectivity index (χ3n) is 4.39. The van der Waals surface area contributed by atoms with Crippen molar-refractivity contribution in [1.82, 2.24) is 14.5 Å². The Kier molecular flexibility index (Phi) is 4.38. The number of phenols is 1. The minimum atomic E-state index is -0.318. The maximum Gasteiger partial charge on any atom is 0.263 e. The molecular weight excluding hydrogens is 345 g/mol. The molecule has 6 heteroatoms. The number of benzene rings is 2. The summed E-state index contributed by atoms with van der Waals surface area (Å²) in [6, 6.07) is 16.3. The summed E-state index contributed by atoms with van der Waals surface area (Å²) in [6.07, 6.45) is 2.02. The van der Waals surface area contributed by atoms with Crippen molar-refractivity contribution in [3.05, 3.63) is 88.6 Å².